The van der Waals surface area contributed by atoms with Gasteiger partial charge < -0.3 is 10.2 Å². The number of halogens is 1. The molecule has 0 saturated heterocycles. The number of nitrogens with one attached hydrogen (secondary N) is 1. The first-order chi connectivity index (χ1) is 20.2. The number of amides is 2. The Hall–Kier alpha value is -3.95. The van der Waals surface area contributed by atoms with Gasteiger partial charge in [0.2, 0.25) is 11.8 Å². The van der Waals surface area contributed by atoms with Gasteiger partial charge in [0.1, 0.15) is 12.6 Å². The Labute approximate surface area is 256 Å². The van der Waals surface area contributed by atoms with Crippen molar-refractivity contribution in [2.24, 2.45) is 0 Å². The number of carbonyl (C=O) groups excluding carboxylic acids is 2. The van der Waals surface area contributed by atoms with Gasteiger partial charge in [0.25, 0.3) is 10.0 Å². The summed E-state index contributed by atoms with van der Waals surface area (Å²) in [5.74, 6) is -0.806. The van der Waals surface area contributed by atoms with Gasteiger partial charge in [-0.25, -0.2) is 8.42 Å². The minimum Gasteiger partial charge on any atom is -0.355 e. The van der Waals surface area contributed by atoms with Crippen LogP contribution in [0.3, 0.4) is 0 Å². The summed E-state index contributed by atoms with van der Waals surface area (Å²) in [7, 11) is -4.11. The van der Waals surface area contributed by atoms with Gasteiger partial charge in [0.15, 0.2) is 0 Å². The van der Waals surface area contributed by atoms with E-state index in [1.165, 1.54) is 17.0 Å². The first-order valence-corrected chi connectivity index (χ1v) is 15.9. The molecule has 0 heterocycles. The summed E-state index contributed by atoms with van der Waals surface area (Å²) in [6.45, 7) is 3.74. The van der Waals surface area contributed by atoms with E-state index in [4.69, 9.17) is 0 Å². The number of likely N-dealkylation sites (N-methyl/N-ethyl adjacent to an activating group) is 1. The highest BCUT2D eigenvalue weighted by Gasteiger charge is 2.34. The standard InChI is InChI=1S/C33H34BrN3O4S/c1-3-35-33(39)31(22-26-11-6-4-7-12-26)36(23-27-13-10-14-28(34)21-27)32(38)24-37(29-19-17-25(2)18-20-29)42(40,41)30-15-8-5-9-16-30/h4-21,31H,3,22-24H2,1-2H3,(H,35,39)/t31-/m0/s1. The van der Waals surface area contributed by atoms with Crippen LogP contribution in [0.5, 0.6) is 0 Å². The Bertz CT molecular complexity index is 1600. The lowest BCUT2D eigenvalue weighted by Gasteiger charge is -2.34. The van der Waals surface area contributed by atoms with Crippen molar-refractivity contribution < 1.29 is 18.0 Å². The zero-order chi connectivity index (χ0) is 30.1. The number of rotatable bonds is 12. The molecule has 0 aliphatic carbocycles. The van der Waals surface area contributed by atoms with E-state index in [0.29, 0.717) is 12.2 Å². The van der Waals surface area contributed by atoms with Gasteiger partial charge in [-0.3, -0.25) is 13.9 Å². The van der Waals surface area contributed by atoms with Crippen LogP contribution >= 0.6 is 15.9 Å². The minimum atomic E-state index is -4.11. The van der Waals surface area contributed by atoms with E-state index in [0.717, 1.165) is 25.5 Å². The first kappa shape index (κ1) is 31.0. The summed E-state index contributed by atoms with van der Waals surface area (Å²) in [6.07, 6.45) is 0.266. The number of nitrogens with zero attached hydrogens (tertiary/aromatic N) is 2. The van der Waals surface area contributed by atoms with E-state index in [-0.39, 0.29) is 23.8 Å². The van der Waals surface area contributed by atoms with Gasteiger partial charge in [0, 0.05) is 24.0 Å². The third-order valence-electron chi connectivity index (χ3n) is 6.80. The Morgan fingerprint density at radius 2 is 1.45 bits per heavy atom. The Kier molecular flexibility index (Phi) is 10.5. The normalized spacial score (nSPS) is 11.9. The van der Waals surface area contributed by atoms with Crippen LogP contribution in [0.25, 0.3) is 0 Å². The van der Waals surface area contributed by atoms with Crippen LogP contribution in [0.15, 0.2) is 119 Å². The quantitative estimate of drug-likeness (QED) is 0.213. The van der Waals surface area contributed by atoms with Crippen LogP contribution in [0.4, 0.5) is 5.69 Å². The molecule has 4 rings (SSSR count). The molecule has 2 amide bonds. The van der Waals surface area contributed by atoms with E-state index in [2.05, 4.69) is 21.2 Å². The lowest BCUT2D eigenvalue weighted by atomic mass is 10.0. The van der Waals surface area contributed by atoms with Crippen LogP contribution in [-0.2, 0) is 32.6 Å². The highest BCUT2D eigenvalue weighted by molar-refractivity contribution is 9.10. The second-order valence-electron chi connectivity index (χ2n) is 9.91. The van der Waals surface area contributed by atoms with Gasteiger partial charge in [0.05, 0.1) is 10.6 Å². The molecule has 7 nitrogen and oxygen atoms in total. The van der Waals surface area contributed by atoms with Gasteiger partial charge in [-0.15, -0.1) is 0 Å². The maximum atomic E-state index is 14.3. The van der Waals surface area contributed by atoms with E-state index >= 15 is 0 Å². The second-order valence-corrected chi connectivity index (χ2v) is 12.7. The lowest BCUT2D eigenvalue weighted by Crippen LogP contribution is -2.53. The van der Waals surface area contributed by atoms with Crippen LogP contribution < -0.4 is 9.62 Å². The fraction of sp³-hybridized carbons (Fsp3) is 0.212. The molecule has 1 atom stereocenters. The van der Waals surface area contributed by atoms with Crippen LogP contribution in [0, 0.1) is 6.92 Å². The maximum absolute atomic E-state index is 14.3. The SMILES string of the molecule is CCNC(=O)[C@H](Cc1ccccc1)N(Cc1cccc(Br)c1)C(=O)CN(c1ccc(C)cc1)S(=O)(=O)c1ccccc1. The molecule has 0 unspecified atom stereocenters. The summed E-state index contributed by atoms with van der Waals surface area (Å²) in [5.41, 5.74) is 3.00. The van der Waals surface area contributed by atoms with E-state index in [9.17, 15) is 18.0 Å². The van der Waals surface area contributed by atoms with Crippen molar-refractivity contribution in [3.05, 3.63) is 130 Å². The highest BCUT2D eigenvalue weighted by atomic mass is 79.9. The fourth-order valence-electron chi connectivity index (χ4n) is 4.64. The molecule has 42 heavy (non-hydrogen) atoms. The zero-order valence-corrected chi connectivity index (χ0v) is 26.0. The molecular formula is C33H34BrN3O4S. The zero-order valence-electron chi connectivity index (χ0n) is 23.6. The van der Waals surface area contributed by atoms with Crippen molar-refractivity contribution in [1.29, 1.82) is 0 Å². The third kappa shape index (κ3) is 7.86. The predicted molar refractivity (Wildman–Crippen MR) is 169 cm³/mol. The molecule has 1 N–H and O–H groups in total. The third-order valence-corrected chi connectivity index (χ3v) is 9.08. The van der Waals surface area contributed by atoms with Crippen molar-refractivity contribution in [2.75, 3.05) is 17.4 Å². The van der Waals surface area contributed by atoms with Crippen LogP contribution in [-0.4, -0.2) is 44.3 Å². The van der Waals surface area contributed by atoms with Gasteiger partial charge in [-0.05, 0) is 61.4 Å². The number of anilines is 1. The minimum absolute atomic E-state index is 0.0708. The highest BCUT2D eigenvalue weighted by Crippen LogP contribution is 2.25. The topological polar surface area (TPSA) is 86.8 Å². The average molecular weight is 649 g/mol. The molecule has 0 aliphatic rings. The molecule has 0 radical (unpaired) electrons. The van der Waals surface area contributed by atoms with Crippen molar-refractivity contribution in [2.45, 2.75) is 37.8 Å². The number of benzene rings is 4. The Morgan fingerprint density at radius 3 is 2.07 bits per heavy atom. The summed E-state index contributed by atoms with van der Waals surface area (Å²) >= 11 is 3.49. The molecule has 0 fully saturated rings. The first-order valence-electron chi connectivity index (χ1n) is 13.7. The van der Waals surface area contributed by atoms with Gasteiger partial charge in [-0.2, -0.15) is 0 Å². The molecule has 0 saturated carbocycles. The van der Waals surface area contributed by atoms with E-state index < -0.39 is 28.5 Å². The number of sulfonamides is 1. The van der Waals surface area contributed by atoms with Crippen molar-refractivity contribution >= 4 is 43.5 Å². The monoisotopic (exact) mass is 647 g/mol. The number of hydrogen-bond acceptors (Lipinski definition) is 4. The molecule has 0 aliphatic heterocycles. The summed E-state index contributed by atoms with van der Waals surface area (Å²) in [4.78, 5) is 29.4. The van der Waals surface area contributed by atoms with Gasteiger partial charge >= 0.3 is 0 Å². The number of aryl methyl sites for hydroxylation is 1. The number of carbonyl (C=O) groups is 2. The summed E-state index contributed by atoms with van der Waals surface area (Å²) in [5, 5.41) is 2.87. The lowest BCUT2D eigenvalue weighted by molar-refractivity contribution is -0.140. The largest absolute Gasteiger partial charge is 0.355 e. The molecular weight excluding hydrogens is 614 g/mol. The Morgan fingerprint density at radius 1 is 0.833 bits per heavy atom. The summed E-state index contributed by atoms with van der Waals surface area (Å²) in [6, 6.07) is 31.1. The predicted octanol–water partition coefficient (Wildman–Crippen LogP) is 5.73. The van der Waals surface area contributed by atoms with Gasteiger partial charge in [-0.1, -0.05) is 94.3 Å². The average Bonchev–Trinajstić information content (AvgIpc) is 2.99. The molecule has 9 heteroatoms. The Balaban J connectivity index is 1.78. The van der Waals surface area contributed by atoms with E-state index in [1.54, 1.807) is 42.5 Å². The second kappa shape index (κ2) is 14.3. The van der Waals surface area contributed by atoms with Crippen molar-refractivity contribution in [3.63, 3.8) is 0 Å². The van der Waals surface area contributed by atoms with E-state index in [1.807, 2.05) is 68.4 Å². The number of hydrogen-bond donors (Lipinski definition) is 1. The van der Waals surface area contributed by atoms with Crippen LogP contribution in [0.2, 0.25) is 0 Å². The smallest absolute Gasteiger partial charge is 0.264 e. The molecule has 4 aromatic rings. The van der Waals surface area contributed by atoms with Crippen LogP contribution in [0.1, 0.15) is 23.6 Å². The fourth-order valence-corrected chi connectivity index (χ4v) is 6.52. The summed E-state index contributed by atoms with van der Waals surface area (Å²) < 4.78 is 29.8. The molecule has 218 valence electrons. The van der Waals surface area contributed by atoms with Crippen molar-refractivity contribution in [3.8, 4) is 0 Å². The molecule has 0 spiro atoms. The molecule has 0 aromatic heterocycles. The maximum Gasteiger partial charge on any atom is 0.264 e. The molecule has 4 aromatic carbocycles. The molecule has 0 bridgehead atoms. The van der Waals surface area contributed by atoms with Crippen molar-refractivity contribution in [1.82, 2.24) is 10.2 Å².